The maximum atomic E-state index is 9.88. The molecular weight excluding hydrogens is 332 g/mol. The summed E-state index contributed by atoms with van der Waals surface area (Å²) in [6.07, 6.45) is 8.14. The van der Waals surface area contributed by atoms with Crippen molar-refractivity contribution in [2.45, 2.75) is 38.1 Å². The summed E-state index contributed by atoms with van der Waals surface area (Å²) in [5.41, 5.74) is 6.79. The number of aromatic hydroxyl groups is 1. The number of hydrogen-bond donors (Lipinski definition) is 3. The zero-order chi connectivity index (χ0) is 18.2. The van der Waals surface area contributed by atoms with Gasteiger partial charge in [0, 0.05) is 29.2 Å². The largest absolute Gasteiger partial charge is 0.508 e. The van der Waals surface area contributed by atoms with Crippen molar-refractivity contribution in [3.63, 3.8) is 0 Å². The number of rotatable bonds is 3. The molecule has 0 radical (unpaired) electrons. The van der Waals surface area contributed by atoms with E-state index < -0.39 is 0 Å². The van der Waals surface area contributed by atoms with Crippen LogP contribution in [-0.4, -0.2) is 22.7 Å². The fourth-order valence-electron chi connectivity index (χ4n) is 4.91. The SMILES string of the molecule is Oc1ccc2[nH]c3c(c2c1)CC(CC1CC(c2ccccc2)=CCN1)CC3. The zero-order valence-corrected chi connectivity index (χ0v) is 15.5. The van der Waals surface area contributed by atoms with Crippen molar-refractivity contribution in [2.24, 2.45) is 5.92 Å². The Balaban J connectivity index is 1.31. The van der Waals surface area contributed by atoms with Gasteiger partial charge < -0.3 is 15.4 Å². The lowest BCUT2D eigenvalue weighted by Gasteiger charge is -2.30. The minimum Gasteiger partial charge on any atom is -0.508 e. The summed E-state index contributed by atoms with van der Waals surface area (Å²) in [6.45, 7) is 0.966. The molecule has 1 aliphatic carbocycles. The van der Waals surface area contributed by atoms with E-state index in [-0.39, 0.29) is 0 Å². The highest BCUT2D eigenvalue weighted by Crippen LogP contribution is 2.36. The van der Waals surface area contributed by atoms with E-state index in [1.807, 2.05) is 12.1 Å². The van der Waals surface area contributed by atoms with E-state index >= 15 is 0 Å². The summed E-state index contributed by atoms with van der Waals surface area (Å²) in [5, 5.41) is 14.8. The number of aryl methyl sites for hydroxylation is 1. The molecule has 2 atom stereocenters. The molecule has 3 N–H and O–H groups in total. The fourth-order valence-corrected chi connectivity index (χ4v) is 4.91. The smallest absolute Gasteiger partial charge is 0.116 e. The summed E-state index contributed by atoms with van der Waals surface area (Å²) in [4.78, 5) is 3.56. The fraction of sp³-hybridized carbons (Fsp3) is 0.333. The summed E-state index contributed by atoms with van der Waals surface area (Å²) < 4.78 is 0. The molecule has 2 aromatic carbocycles. The number of aromatic amines is 1. The van der Waals surface area contributed by atoms with Gasteiger partial charge in [0.1, 0.15) is 5.75 Å². The van der Waals surface area contributed by atoms with Gasteiger partial charge in [0.15, 0.2) is 0 Å². The van der Waals surface area contributed by atoms with E-state index in [0.29, 0.717) is 17.7 Å². The van der Waals surface area contributed by atoms with Crippen LogP contribution in [0.25, 0.3) is 16.5 Å². The summed E-state index contributed by atoms with van der Waals surface area (Å²) in [7, 11) is 0. The molecule has 138 valence electrons. The van der Waals surface area contributed by atoms with Gasteiger partial charge in [-0.25, -0.2) is 0 Å². The van der Waals surface area contributed by atoms with Crippen LogP contribution >= 0.6 is 0 Å². The summed E-state index contributed by atoms with van der Waals surface area (Å²) in [5.74, 6) is 1.06. The van der Waals surface area contributed by atoms with Crippen molar-refractivity contribution in [1.29, 1.82) is 0 Å². The van der Waals surface area contributed by atoms with Gasteiger partial charge in [0.25, 0.3) is 0 Å². The molecule has 27 heavy (non-hydrogen) atoms. The number of hydrogen-bond acceptors (Lipinski definition) is 2. The number of fused-ring (bicyclic) bond motifs is 3. The van der Waals surface area contributed by atoms with Crippen LogP contribution in [0.15, 0.2) is 54.6 Å². The summed E-state index contributed by atoms with van der Waals surface area (Å²) >= 11 is 0. The van der Waals surface area contributed by atoms with Crippen molar-refractivity contribution < 1.29 is 5.11 Å². The zero-order valence-electron chi connectivity index (χ0n) is 15.5. The van der Waals surface area contributed by atoms with Crippen LogP contribution in [-0.2, 0) is 12.8 Å². The third kappa shape index (κ3) is 3.28. The molecule has 2 unspecified atom stereocenters. The predicted molar refractivity (Wildman–Crippen MR) is 111 cm³/mol. The van der Waals surface area contributed by atoms with Crippen LogP contribution in [0.4, 0.5) is 0 Å². The van der Waals surface area contributed by atoms with Crippen LogP contribution in [0.1, 0.15) is 36.1 Å². The van der Waals surface area contributed by atoms with Crippen molar-refractivity contribution in [2.75, 3.05) is 6.54 Å². The lowest BCUT2D eigenvalue weighted by molar-refractivity contribution is 0.356. The predicted octanol–water partition coefficient (Wildman–Crippen LogP) is 4.81. The average Bonchev–Trinajstić information content (AvgIpc) is 3.06. The standard InChI is InChI=1S/C24H26N2O/c27-20-7-9-24-22(15-20)21-13-16(6-8-23(21)26-24)12-19-14-18(10-11-25-19)17-4-2-1-3-5-17/h1-5,7,9-10,15-16,19,25-27H,6,8,11-14H2. The van der Waals surface area contributed by atoms with Gasteiger partial charge in [-0.15, -0.1) is 0 Å². The molecule has 5 rings (SSSR count). The molecule has 2 aliphatic rings. The molecule has 1 aliphatic heterocycles. The second-order valence-electron chi connectivity index (χ2n) is 8.06. The minimum atomic E-state index is 0.359. The Hall–Kier alpha value is -2.52. The quantitative estimate of drug-likeness (QED) is 0.629. The molecule has 0 amide bonds. The second kappa shape index (κ2) is 6.90. The first-order chi connectivity index (χ1) is 13.3. The maximum absolute atomic E-state index is 9.88. The number of phenols is 1. The highest BCUT2D eigenvalue weighted by atomic mass is 16.3. The van der Waals surface area contributed by atoms with E-state index in [0.717, 1.165) is 31.3 Å². The first-order valence-electron chi connectivity index (χ1n) is 10.1. The minimum absolute atomic E-state index is 0.359. The Morgan fingerprint density at radius 3 is 2.81 bits per heavy atom. The van der Waals surface area contributed by atoms with E-state index in [9.17, 15) is 5.11 Å². The van der Waals surface area contributed by atoms with Gasteiger partial charge in [-0.1, -0.05) is 36.4 Å². The van der Waals surface area contributed by atoms with E-state index in [1.165, 1.54) is 40.6 Å². The maximum Gasteiger partial charge on any atom is 0.116 e. The number of benzene rings is 2. The lowest BCUT2D eigenvalue weighted by Crippen LogP contribution is -2.35. The Morgan fingerprint density at radius 2 is 1.93 bits per heavy atom. The molecule has 0 fully saturated rings. The van der Waals surface area contributed by atoms with Crippen molar-refractivity contribution in [1.82, 2.24) is 10.3 Å². The number of nitrogens with one attached hydrogen (secondary N) is 2. The highest BCUT2D eigenvalue weighted by Gasteiger charge is 2.26. The van der Waals surface area contributed by atoms with Gasteiger partial charge in [-0.05, 0) is 72.9 Å². The first-order valence-corrected chi connectivity index (χ1v) is 10.1. The van der Waals surface area contributed by atoms with Gasteiger partial charge in [-0.2, -0.15) is 0 Å². The van der Waals surface area contributed by atoms with Crippen LogP contribution < -0.4 is 5.32 Å². The third-order valence-electron chi connectivity index (χ3n) is 6.26. The number of phenolic OH excluding ortho intramolecular Hbond substituents is 1. The molecule has 0 saturated carbocycles. The molecule has 2 heterocycles. The van der Waals surface area contributed by atoms with Gasteiger partial charge in [0.2, 0.25) is 0 Å². The van der Waals surface area contributed by atoms with Crippen LogP contribution in [0.3, 0.4) is 0 Å². The highest BCUT2D eigenvalue weighted by molar-refractivity contribution is 5.86. The monoisotopic (exact) mass is 358 g/mol. The second-order valence-corrected chi connectivity index (χ2v) is 8.06. The normalized spacial score (nSPS) is 22.4. The molecule has 0 spiro atoms. The number of aromatic nitrogens is 1. The Kier molecular flexibility index (Phi) is 4.25. The average molecular weight is 358 g/mol. The molecule has 0 saturated heterocycles. The van der Waals surface area contributed by atoms with Crippen molar-refractivity contribution in [3.05, 3.63) is 71.4 Å². The first kappa shape index (κ1) is 16.6. The van der Waals surface area contributed by atoms with Gasteiger partial charge in [-0.3, -0.25) is 0 Å². The Morgan fingerprint density at radius 1 is 1.04 bits per heavy atom. The summed E-state index contributed by atoms with van der Waals surface area (Å²) in [6, 6.07) is 17.0. The Bertz CT molecular complexity index is 986. The molecular formula is C24H26N2O. The molecule has 0 bridgehead atoms. The lowest BCUT2D eigenvalue weighted by atomic mass is 9.80. The van der Waals surface area contributed by atoms with Gasteiger partial charge in [0.05, 0.1) is 0 Å². The molecule has 3 aromatic rings. The molecule has 1 aromatic heterocycles. The van der Waals surface area contributed by atoms with E-state index in [4.69, 9.17) is 0 Å². The molecule has 3 nitrogen and oxygen atoms in total. The van der Waals surface area contributed by atoms with Gasteiger partial charge >= 0.3 is 0 Å². The van der Waals surface area contributed by atoms with Crippen LogP contribution in [0, 0.1) is 5.92 Å². The topological polar surface area (TPSA) is 48.0 Å². The van der Waals surface area contributed by atoms with E-state index in [2.05, 4.69) is 46.7 Å². The van der Waals surface area contributed by atoms with Crippen LogP contribution in [0.2, 0.25) is 0 Å². The van der Waals surface area contributed by atoms with E-state index in [1.54, 1.807) is 6.07 Å². The van der Waals surface area contributed by atoms with Crippen molar-refractivity contribution in [3.8, 4) is 5.75 Å². The van der Waals surface area contributed by atoms with Crippen LogP contribution in [0.5, 0.6) is 5.75 Å². The van der Waals surface area contributed by atoms with Crippen molar-refractivity contribution >= 4 is 16.5 Å². The molecule has 3 heteroatoms. The number of H-pyrrole nitrogens is 1. The third-order valence-corrected chi connectivity index (χ3v) is 6.26. The Labute approximate surface area is 160 Å².